The molecule has 4 nitrogen and oxygen atoms in total. The van der Waals surface area contributed by atoms with Gasteiger partial charge in [-0.3, -0.25) is 9.69 Å². The van der Waals surface area contributed by atoms with Crippen molar-refractivity contribution >= 4 is 29.2 Å². The van der Waals surface area contributed by atoms with Crippen LogP contribution in [0.5, 0.6) is 0 Å². The largest absolute Gasteiger partial charge is 0.465 e. The third-order valence-corrected chi connectivity index (χ3v) is 3.20. The summed E-state index contributed by atoms with van der Waals surface area (Å²) >= 11 is 11.9. The lowest BCUT2D eigenvalue weighted by molar-refractivity contribution is -0.145. The van der Waals surface area contributed by atoms with E-state index in [9.17, 15) is 4.79 Å². The van der Waals surface area contributed by atoms with E-state index in [-0.39, 0.29) is 18.6 Å². The second-order valence-corrected chi connectivity index (χ2v) is 5.20. The number of hydrogen-bond donors (Lipinski definition) is 0. The van der Waals surface area contributed by atoms with Crippen LogP contribution in [0.1, 0.15) is 26.3 Å². The SMILES string of the molecule is CCOC(=O)CN(Cc1cnc(Cl)cc1Cl)C(C)C. The minimum absolute atomic E-state index is 0.191. The molecule has 0 aliphatic heterocycles. The van der Waals surface area contributed by atoms with Crippen LogP contribution >= 0.6 is 23.2 Å². The molecule has 0 fully saturated rings. The highest BCUT2D eigenvalue weighted by atomic mass is 35.5. The minimum atomic E-state index is -0.241. The molecule has 0 bridgehead atoms. The third kappa shape index (κ3) is 5.35. The summed E-state index contributed by atoms with van der Waals surface area (Å²) in [5, 5.41) is 0.907. The Morgan fingerprint density at radius 3 is 2.68 bits per heavy atom. The Bertz CT molecular complexity index is 439. The number of aromatic nitrogens is 1. The summed E-state index contributed by atoms with van der Waals surface area (Å²) in [5.41, 5.74) is 0.837. The molecule has 1 rings (SSSR count). The molecule has 0 saturated heterocycles. The van der Waals surface area contributed by atoms with Crippen molar-refractivity contribution in [2.24, 2.45) is 0 Å². The maximum atomic E-state index is 11.6. The Morgan fingerprint density at radius 1 is 1.47 bits per heavy atom. The number of ether oxygens (including phenoxy) is 1. The van der Waals surface area contributed by atoms with E-state index in [0.29, 0.717) is 23.3 Å². The number of esters is 1. The second-order valence-electron chi connectivity index (χ2n) is 4.40. The first-order chi connectivity index (χ1) is 8.93. The number of carbonyl (C=O) groups excluding carboxylic acids is 1. The first kappa shape index (κ1) is 16.2. The zero-order chi connectivity index (χ0) is 14.4. The molecular weight excluding hydrogens is 287 g/mol. The summed E-state index contributed by atoms with van der Waals surface area (Å²) in [5.74, 6) is -0.241. The molecule has 0 spiro atoms. The Labute approximate surface area is 123 Å². The Kier molecular flexibility index (Phi) is 6.55. The quantitative estimate of drug-likeness (QED) is 0.598. The number of nitrogens with zero attached hydrogens (tertiary/aromatic N) is 2. The normalized spacial score (nSPS) is 11.1. The van der Waals surface area contributed by atoms with Gasteiger partial charge in [-0.2, -0.15) is 0 Å². The maximum absolute atomic E-state index is 11.6. The number of halogens is 2. The molecule has 0 unspecified atom stereocenters. The first-order valence-corrected chi connectivity index (χ1v) is 6.89. The van der Waals surface area contributed by atoms with Gasteiger partial charge in [0.15, 0.2) is 0 Å². The van der Waals surface area contributed by atoms with Crippen molar-refractivity contribution in [2.45, 2.75) is 33.4 Å². The van der Waals surface area contributed by atoms with Crippen molar-refractivity contribution in [1.82, 2.24) is 9.88 Å². The molecule has 1 aromatic rings. The van der Waals surface area contributed by atoms with E-state index in [1.54, 1.807) is 19.2 Å². The molecule has 106 valence electrons. The van der Waals surface area contributed by atoms with E-state index in [1.165, 1.54) is 0 Å². The van der Waals surface area contributed by atoms with Crippen LogP contribution in [0.2, 0.25) is 10.2 Å². The number of carbonyl (C=O) groups is 1. The standard InChI is InChI=1S/C13H18Cl2N2O2/c1-4-19-13(18)8-17(9(2)3)7-10-6-16-12(15)5-11(10)14/h5-6,9H,4,7-8H2,1-3H3. The molecule has 0 aliphatic rings. The van der Waals surface area contributed by atoms with E-state index < -0.39 is 0 Å². The molecule has 1 heterocycles. The van der Waals surface area contributed by atoms with Gasteiger partial charge in [-0.05, 0) is 26.8 Å². The van der Waals surface area contributed by atoms with E-state index in [4.69, 9.17) is 27.9 Å². The molecule has 0 saturated carbocycles. The first-order valence-electron chi connectivity index (χ1n) is 6.13. The van der Waals surface area contributed by atoms with Crippen LogP contribution in [0.15, 0.2) is 12.3 Å². The smallest absolute Gasteiger partial charge is 0.320 e. The molecule has 6 heteroatoms. The van der Waals surface area contributed by atoms with Crippen molar-refractivity contribution in [3.63, 3.8) is 0 Å². The second kappa shape index (κ2) is 7.68. The molecule has 0 amide bonds. The van der Waals surface area contributed by atoms with E-state index in [0.717, 1.165) is 5.56 Å². The Balaban J connectivity index is 2.75. The van der Waals surface area contributed by atoms with Gasteiger partial charge in [0.2, 0.25) is 0 Å². The number of rotatable bonds is 6. The van der Waals surface area contributed by atoms with Crippen LogP contribution in [0.4, 0.5) is 0 Å². The number of pyridine rings is 1. The van der Waals surface area contributed by atoms with Crippen molar-refractivity contribution in [2.75, 3.05) is 13.2 Å². The molecule has 0 atom stereocenters. The topological polar surface area (TPSA) is 42.4 Å². The van der Waals surface area contributed by atoms with Crippen LogP contribution in [0.3, 0.4) is 0 Å². The summed E-state index contributed by atoms with van der Waals surface area (Å²) in [6.45, 7) is 6.95. The lowest BCUT2D eigenvalue weighted by atomic mass is 10.2. The van der Waals surface area contributed by atoms with Crippen molar-refractivity contribution in [1.29, 1.82) is 0 Å². The van der Waals surface area contributed by atoms with Gasteiger partial charge in [0.1, 0.15) is 5.15 Å². The van der Waals surface area contributed by atoms with Crippen molar-refractivity contribution < 1.29 is 9.53 Å². The summed E-state index contributed by atoms with van der Waals surface area (Å²) < 4.78 is 4.96. The summed E-state index contributed by atoms with van der Waals surface area (Å²) in [7, 11) is 0. The minimum Gasteiger partial charge on any atom is -0.465 e. The average Bonchev–Trinajstić information content (AvgIpc) is 2.31. The van der Waals surface area contributed by atoms with Gasteiger partial charge in [0, 0.05) is 29.4 Å². The van der Waals surface area contributed by atoms with Crippen LogP contribution in [-0.2, 0) is 16.1 Å². The fraction of sp³-hybridized carbons (Fsp3) is 0.538. The molecule has 0 aliphatic carbocycles. The van der Waals surface area contributed by atoms with Gasteiger partial charge < -0.3 is 4.74 Å². The monoisotopic (exact) mass is 304 g/mol. The molecule has 0 N–H and O–H groups in total. The molecule has 0 radical (unpaired) electrons. The fourth-order valence-electron chi connectivity index (χ4n) is 1.56. The Hall–Kier alpha value is -0.840. The van der Waals surface area contributed by atoms with Gasteiger partial charge in [0.05, 0.1) is 13.2 Å². The fourth-order valence-corrected chi connectivity index (χ4v) is 1.99. The highest BCUT2D eigenvalue weighted by Crippen LogP contribution is 2.20. The zero-order valence-electron chi connectivity index (χ0n) is 11.3. The zero-order valence-corrected chi connectivity index (χ0v) is 12.8. The highest BCUT2D eigenvalue weighted by Gasteiger charge is 2.16. The van der Waals surface area contributed by atoms with E-state index in [1.807, 2.05) is 18.7 Å². The van der Waals surface area contributed by atoms with Gasteiger partial charge in [-0.1, -0.05) is 23.2 Å². The summed E-state index contributed by atoms with van der Waals surface area (Å²) in [6, 6.07) is 1.79. The van der Waals surface area contributed by atoms with Gasteiger partial charge >= 0.3 is 5.97 Å². The molecular formula is C13H18Cl2N2O2. The highest BCUT2D eigenvalue weighted by molar-refractivity contribution is 6.34. The summed E-state index contributed by atoms with van der Waals surface area (Å²) in [6.07, 6.45) is 1.63. The van der Waals surface area contributed by atoms with E-state index >= 15 is 0 Å². The predicted octanol–water partition coefficient (Wildman–Crippen LogP) is 3.16. The van der Waals surface area contributed by atoms with Crippen LogP contribution in [0.25, 0.3) is 0 Å². The molecule has 0 aromatic carbocycles. The third-order valence-electron chi connectivity index (χ3n) is 2.64. The average molecular weight is 305 g/mol. The van der Waals surface area contributed by atoms with Crippen LogP contribution in [0, 0.1) is 0 Å². The van der Waals surface area contributed by atoms with Crippen LogP contribution in [-0.4, -0.2) is 35.0 Å². The lowest BCUT2D eigenvalue weighted by Crippen LogP contribution is -2.36. The van der Waals surface area contributed by atoms with E-state index in [2.05, 4.69) is 4.98 Å². The van der Waals surface area contributed by atoms with Crippen molar-refractivity contribution in [3.05, 3.63) is 28.0 Å². The van der Waals surface area contributed by atoms with Gasteiger partial charge in [-0.25, -0.2) is 4.98 Å². The molecule has 19 heavy (non-hydrogen) atoms. The Morgan fingerprint density at radius 2 is 2.16 bits per heavy atom. The van der Waals surface area contributed by atoms with Gasteiger partial charge in [0.25, 0.3) is 0 Å². The van der Waals surface area contributed by atoms with Crippen LogP contribution < -0.4 is 0 Å². The predicted molar refractivity (Wildman–Crippen MR) is 76.4 cm³/mol. The maximum Gasteiger partial charge on any atom is 0.320 e. The number of hydrogen-bond acceptors (Lipinski definition) is 4. The molecule has 1 aromatic heterocycles. The van der Waals surface area contributed by atoms with Crippen molar-refractivity contribution in [3.8, 4) is 0 Å². The van der Waals surface area contributed by atoms with Gasteiger partial charge in [-0.15, -0.1) is 0 Å². The summed E-state index contributed by atoms with van der Waals surface area (Å²) in [4.78, 5) is 17.5. The lowest BCUT2D eigenvalue weighted by Gasteiger charge is -2.25.